The van der Waals surface area contributed by atoms with Gasteiger partial charge in [0.1, 0.15) is 0 Å². The fourth-order valence-electron chi connectivity index (χ4n) is 2.93. The lowest BCUT2D eigenvalue weighted by Gasteiger charge is -2.11. The van der Waals surface area contributed by atoms with Crippen molar-refractivity contribution in [3.63, 3.8) is 0 Å². The highest BCUT2D eigenvalue weighted by molar-refractivity contribution is 5.76. The van der Waals surface area contributed by atoms with Crippen molar-refractivity contribution in [1.29, 1.82) is 0 Å². The van der Waals surface area contributed by atoms with Crippen LogP contribution in [0.2, 0.25) is 0 Å². The molecule has 0 aliphatic heterocycles. The smallest absolute Gasteiger partial charge is 0.328 e. The van der Waals surface area contributed by atoms with E-state index in [2.05, 4.69) is 9.97 Å². The zero-order chi connectivity index (χ0) is 19.2. The maximum absolute atomic E-state index is 12.4. The van der Waals surface area contributed by atoms with Gasteiger partial charge in [0.2, 0.25) is 0 Å². The van der Waals surface area contributed by atoms with Gasteiger partial charge in [0.05, 0.1) is 23.9 Å². The second kappa shape index (κ2) is 8.44. The third-order valence-electron chi connectivity index (χ3n) is 4.43. The van der Waals surface area contributed by atoms with E-state index >= 15 is 0 Å². The number of carbonyl (C=O) groups is 1. The van der Waals surface area contributed by atoms with Crippen LogP contribution < -0.4 is 11.2 Å². The number of esters is 1. The molecular weight excluding hydrogens is 346 g/mol. The Labute approximate surface area is 155 Å². The minimum atomic E-state index is -0.462. The number of aromatic nitrogens is 3. The number of carbonyl (C=O) groups excluding carboxylic acids is 1. The van der Waals surface area contributed by atoms with E-state index in [1.807, 2.05) is 19.1 Å². The molecule has 0 amide bonds. The molecule has 7 heteroatoms. The molecule has 0 radical (unpaired) electrons. The van der Waals surface area contributed by atoms with Crippen molar-refractivity contribution in [3.05, 3.63) is 75.2 Å². The Bertz CT molecular complexity index is 1040. The van der Waals surface area contributed by atoms with E-state index in [1.165, 1.54) is 0 Å². The molecule has 2 aromatic heterocycles. The maximum atomic E-state index is 12.4. The zero-order valence-corrected chi connectivity index (χ0v) is 15.1. The quantitative estimate of drug-likeness (QED) is 0.510. The molecule has 3 rings (SSSR count). The molecule has 0 aliphatic carbocycles. The average Bonchev–Trinajstić information content (AvgIpc) is 2.68. The van der Waals surface area contributed by atoms with Gasteiger partial charge in [0.15, 0.2) is 0 Å². The van der Waals surface area contributed by atoms with E-state index in [0.717, 1.165) is 10.1 Å². The van der Waals surface area contributed by atoms with Crippen LogP contribution in [-0.4, -0.2) is 27.1 Å². The van der Waals surface area contributed by atoms with Crippen molar-refractivity contribution in [1.82, 2.24) is 14.5 Å². The van der Waals surface area contributed by atoms with Gasteiger partial charge in [-0.1, -0.05) is 19.1 Å². The molecule has 1 unspecified atom stereocenters. The van der Waals surface area contributed by atoms with Gasteiger partial charge in [-0.25, -0.2) is 4.79 Å². The number of rotatable bonds is 7. The molecule has 2 heterocycles. The van der Waals surface area contributed by atoms with Gasteiger partial charge in [0.25, 0.3) is 5.56 Å². The van der Waals surface area contributed by atoms with Crippen LogP contribution in [0.15, 0.2) is 58.4 Å². The number of pyridine rings is 1. The molecule has 1 atom stereocenters. The van der Waals surface area contributed by atoms with Crippen molar-refractivity contribution in [3.8, 4) is 0 Å². The standard InChI is InChI=1S/C20H21N3O4/c1-14(15-7-9-21-10-8-15)13-18(24)27-12-4-11-23-19(25)16-5-2-3-6-17(16)22-20(23)26/h2-3,5-10,14H,4,11-13H2,1H3,(H,22,26). The molecule has 1 N–H and O–H groups in total. The normalized spacial score (nSPS) is 12.0. The van der Waals surface area contributed by atoms with E-state index in [9.17, 15) is 14.4 Å². The lowest BCUT2D eigenvalue weighted by molar-refractivity contribution is -0.144. The number of hydrogen-bond acceptors (Lipinski definition) is 5. The van der Waals surface area contributed by atoms with Crippen LogP contribution >= 0.6 is 0 Å². The highest BCUT2D eigenvalue weighted by Crippen LogP contribution is 2.18. The largest absolute Gasteiger partial charge is 0.466 e. The number of nitrogens with zero attached hydrogens (tertiary/aromatic N) is 2. The van der Waals surface area contributed by atoms with Crippen molar-refractivity contribution in [2.45, 2.75) is 32.2 Å². The second-order valence-corrected chi connectivity index (χ2v) is 6.39. The van der Waals surface area contributed by atoms with Gasteiger partial charge in [-0.15, -0.1) is 0 Å². The van der Waals surface area contributed by atoms with Crippen LogP contribution in [0.1, 0.15) is 31.2 Å². The molecule has 1 aromatic carbocycles. The summed E-state index contributed by atoms with van der Waals surface area (Å²) in [6.45, 7) is 2.29. The van der Waals surface area contributed by atoms with Crippen LogP contribution in [0, 0.1) is 0 Å². The lowest BCUT2D eigenvalue weighted by Crippen LogP contribution is -2.35. The summed E-state index contributed by atoms with van der Waals surface area (Å²) in [7, 11) is 0. The minimum absolute atomic E-state index is 0.0338. The van der Waals surface area contributed by atoms with Crippen LogP contribution in [0.3, 0.4) is 0 Å². The third kappa shape index (κ3) is 4.49. The fourth-order valence-corrected chi connectivity index (χ4v) is 2.93. The number of H-pyrrole nitrogens is 1. The van der Waals surface area contributed by atoms with Crippen LogP contribution in [0.5, 0.6) is 0 Å². The molecule has 0 bridgehead atoms. The van der Waals surface area contributed by atoms with E-state index < -0.39 is 5.69 Å². The number of para-hydroxylation sites is 1. The Morgan fingerprint density at radius 2 is 1.93 bits per heavy atom. The zero-order valence-electron chi connectivity index (χ0n) is 15.1. The number of hydrogen-bond donors (Lipinski definition) is 1. The van der Waals surface area contributed by atoms with Gasteiger partial charge in [-0.3, -0.25) is 19.1 Å². The Hall–Kier alpha value is -3.22. The molecule has 0 saturated carbocycles. The molecule has 0 saturated heterocycles. The Kier molecular flexibility index (Phi) is 5.80. The first-order chi connectivity index (χ1) is 13.1. The Morgan fingerprint density at radius 3 is 2.70 bits per heavy atom. The highest BCUT2D eigenvalue weighted by Gasteiger charge is 2.12. The molecular formula is C20H21N3O4. The van der Waals surface area contributed by atoms with Gasteiger partial charge < -0.3 is 9.72 Å². The summed E-state index contributed by atoms with van der Waals surface area (Å²) >= 11 is 0. The molecule has 0 aliphatic rings. The van der Waals surface area contributed by atoms with Crippen LogP contribution in [0.4, 0.5) is 0 Å². The second-order valence-electron chi connectivity index (χ2n) is 6.39. The van der Waals surface area contributed by atoms with E-state index in [0.29, 0.717) is 17.3 Å². The SMILES string of the molecule is CC(CC(=O)OCCCn1c(=O)[nH]c2ccccc2c1=O)c1ccncc1. The fraction of sp³-hybridized carbons (Fsp3) is 0.300. The molecule has 140 valence electrons. The maximum Gasteiger partial charge on any atom is 0.328 e. The van der Waals surface area contributed by atoms with Crippen LogP contribution in [-0.2, 0) is 16.1 Å². The summed E-state index contributed by atoms with van der Waals surface area (Å²) in [5.41, 5.74) is 0.736. The van der Waals surface area contributed by atoms with Crippen molar-refractivity contribution in [2.75, 3.05) is 6.61 Å². The first-order valence-corrected chi connectivity index (χ1v) is 8.83. The highest BCUT2D eigenvalue weighted by atomic mass is 16.5. The van der Waals surface area contributed by atoms with Gasteiger partial charge in [0, 0.05) is 18.9 Å². The summed E-state index contributed by atoms with van der Waals surface area (Å²) in [6, 6.07) is 10.6. The number of aromatic amines is 1. The van der Waals surface area contributed by atoms with E-state index in [-0.39, 0.29) is 37.0 Å². The first kappa shape index (κ1) is 18.6. The monoisotopic (exact) mass is 367 g/mol. The summed E-state index contributed by atoms with van der Waals surface area (Å²) in [5, 5.41) is 0.459. The van der Waals surface area contributed by atoms with Crippen molar-refractivity contribution < 1.29 is 9.53 Å². The predicted molar refractivity (Wildman–Crippen MR) is 102 cm³/mol. The van der Waals surface area contributed by atoms with Crippen molar-refractivity contribution in [2.24, 2.45) is 0 Å². The summed E-state index contributed by atoms with van der Waals surface area (Å²) in [6.07, 6.45) is 4.03. The molecule has 0 spiro atoms. The lowest BCUT2D eigenvalue weighted by atomic mass is 9.99. The number of nitrogens with one attached hydrogen (secondary N) is 1. The number of ether oxygens (including phenoxy) is 1. The molecule has 3 aromatic rings. The minimum Gasteiger partial charge on any atom is -0.466 e. The van der Waals surface area contributed by atoms with E-state index in [4.69, 9.17) is 4.74 Å². The van der Waals surface area contributed by atoms with E-state index in [1.54, 1.807) is 36.7 Å². The van der Waals surface area contributed by atoms with Gasteiger partial charge in [-0.2, -0.15) is 0 Å². The third-order valence-corrected chi connectivity index (χ3v) is 4.43. The van der Waals surface area contributed by atoms with Crippen molar-refractivity contribution >= 4 is 16.9 Å². The van der Waals surface area contributed by atoms with Gasteiger partial charge in [-0.05, 0) is 42.2 Å². The molecule has 7 nitrogen and oxygen atoms in total. The Morgan fingerprint density at radius 1 is 1.19 bits per heavy atom. The van der Waals surface area contributed by atoms with Crippen LogP contribution in [0.25, 0.3) is 10.9 Å². The summed E-state index contributed by atoms with van der Waals surface area (Å²) < 4.78 is 6.38. The number of fused-ring (bicyclic) bond motifs is 1. The van der Waals surface area contributed by atoms with Gasteiger partial charge >= 0.3 is 11.7 Å². The predicted octanol–water partition coefficient (Wildman–Crippen LogP) is 2.21. The average molecular weight is 367 g/mol. The Balaban J connectivity index is 1.53. The molecule has 27 heavy (non-hydrogen) atoms. The molecule has 0 fully saturated rings. The topological polar surface area (TPSA) is 94.0 Å². The summed E-state index contributed by atoms with van der Waals surface area (Å²) in [5.74, 6) is -0.273. The first-order valence-electron chi connectivity index (χ1n) is 8.83. The summed E-state index contributed by atoms with van der Waals surface area (Å²) in [4.78, 5) is 43.1. The number of benzene rings is 1.